The lowest BCUT2D eigenvalue weighted by molar-refractivity contribution is 0.327. The molecule has 1 atom stereocenters. The van der Waals surface area contributed by atoms with E-state index in [0.29, 0.717) is 6.04 Å². The maximum atomic E-state index is 4.53. The molecule has 1 aliphatic rings. The first-order valence-electron chi connectivity index (χ1n) is 6.27. The second-order valence-electron chi connectivity index (χ2n) is 4.71. The normalized spacial score (nSPS) is 22.5. The topological polar surface area (TPSA) is 19.4 Å². The van der Waals surface area contributed by atoms with Gasteiger partial charge in [0.05, 0.1) is 0 Å². The molecule has 0 aliphatic carbocycles. The predicted octanol–water partition coefficient (Wildman–Crippen LogP) is 2.76. The maximum absolute atomic E-state index is 4.53. The zero-order chi connectivity index (χ0) is 12.3. The van der Waals surface area contributed by atoms with E-state index in [9.17, 15) is 0 Å². The molecule has 2 heterocycles. The number of anilines is 1. The van der Waals surface area contributed by atoms with Crippen LogP contribution in [0.15, 0.2) is 22.8 Å². The van der Waals surface area contributed by atoms with E-state index in [1.54, 1.807) is 0 Å². The van der Waals surface area contributed by atoms with Gasteiger partial charge in [0.1, 0.15) is 5.82 Å². The van der Waals surface area contributed by atoms with Gasteiger partial charge in [-0.1, -0.05) is 6.92 Å². The highest BCUT2D eigenvalue weighted by Gasteiger charge is 2.22. The molecular weight excluding hydrogens is 278 g/mol. The Balaban J connectivity index is 2.19. The smallest absolute Gasteiger partial charge is 0.128 e. The molecule has 1 saturated heterocycles. The first kappa shape index (κ1) is 12.8. The summed E-state index contributed by atoms with van der Waals surface area (Å²) in [4.78, 5) is 9.41. The zero-order valence-corrected chi connectivity index (χ0v) is 12.2. The van der Waals surface area contributed by atoms with Crippen LogP contribution < -0.4 is 4.90 Å². The van der Waals surface area contributed by atoms with Crippen molar-refractivity contribution in [2.75, 3.05) is 31.6 Å². The number of hydrogen-bond donors (Lipinski definition) is 0. The SMILES string of the molecule is CCC1CN(C)CCCN1c1ccc(Br)cn1. The highest BCUT2D eigenvalue weighted by Crippen LogP contribution is 2.21. The van der Waals surface area contributed by atoms with Gasteiger partial charge in [-0.25, -0.2) is 4.98 Å². The van der Waals surface area contributed by atoms with Crippen molar-refractivity contribution < 1.29 is 0 Å². The van der Waals surface area contributed by atoms with Crippen molar-refractivity contribution in [2.45, 2.75) is 25.8 Å². The van der Waals surface area contributed by atoms with Crippen LogP contribution in [0.2, 0.25) is 0 Å². The summed E-state index contributed by atoms with van der Waals surface area (Å²) < 4.78 is 1.04. The Bertz CT molecular complexity index is 352. The summed E-state index contributed by atoms with van der Waals surface area (Å²) in [5, 5.41) is 0. The lowest BCUT2D eigenvalue weighted by Gasteiger charge is -2.31. The maximum Gasteiger partial charge on any atom is 0.128 e. The second kappa shape index (κ2) is 5.83. The number of likely N-dealkylation sites (N-methyl/N-ethyl adjacent to an activating group) is 1. The van der Waals surface area contributed by atoms with E-state index in [4.69, 9.17) is 0 Å². The Morgan fingerprint density at radius 1 is 1.41 bits per heavy atom. The molecule has 0 saturated carbocycles. The van der Waals surface area contributed by atoms with Crippen LogP contribution in [0.1, 0.15) is 19.8 Å². The van der Waals surface area contributed by atoms with E-state index in [-0.39, 0.29) is 0 Å². The summed E-state index contributed by atoms with van der Waals surface area (Å²) >= 11 is 3.44. The van der Waals surface area contributed by atoms with Crippen molar-refractivity contribution in [2.24, 2.45) is 0 Å². The lowest BCUT2D eigenvalue weighted by Crippen LogP contribution is -2.40. The Kier molecular flexibility index (Phi) is 4.40. The predicted molar refractivity (Wildman–Crippen MR) is 75.5 cm³/mol. The van der Waals surface area contributed by atoms with Crippen molar-refractivity contribution in [1.82, 2.24) is 9.88 Å². The van der Waals surface area contributed by atoms with Crippen molar-refractivity contribution in [1.29, 1.82) is 0 Å². The van der Waals surface area contributed by atoms with E-state index in [2.05, 4.69) is 56.8 Å². The Labute approximate surface area is 112 Å². The first-order chi connectivity index (χ1) is 8.20. The van der Waals surface area contributed by atoms with Gasteiger partial charge in [-0.2, -0.15) is 0 Å². The van der Waals surface area contributed by atoms with Crippen molar-refractivity contribution >= 4 is 21.7 Å². The molecule has 4 heteroatoms. The summed E-state index contributed by atoms with van der Waals surface area (Å²) in [6.07, 6.45) is 4.27. The molecule has 2 rings (SSSR count). The van der Waals surface area contributed by atoms with Crippen molar-refractivity contribution in [3.63, 3.8) is 0 Å². The van der Waals surface area contributed by atoms with Crippen LogP contribution in [-0.4, -0.2) is 42.6 Å². The minimum Gasteiger partial charge on any atom is -0.352 e. The fourth-order valence-corrected chi connectivity index (χ4v) is 2.67. The van der Waals surface area contributed by atoms with E-state index in [1.165, 1.54) is 19.4 Å². The van der Waals surface area contributed by atoms with Crippen LogP contribution in [0, 0.1) is 0 Å². The van der Waals surface area contributed by atoms with Gasteiger partial charge < -0.3 is 9.80 Å². The third-order valence-corrected chi connectivity index (χ3v) is 3.85. The summed E-state index contributed by atoms with van der Waals surface area (Å²) in [6.45, 7) is 5.69. The zero-order valence-electron chi connectivity index (χ0n) is 10.6. The second-order valence-corrected chi connectivity index (χ2v) is 5.62. The van der Waals surface area contributed by atoms with Gasteiger partial charge in [0.15, 0.2) is 0 Å². The summed E-state index contributed by atoms with van der Waals surface area (Å²) in [6, 6.07) is 4.76. The fraction of sp³-hybridized carbons (Fsp3) is 0.615. The van der Waals surface area contributed by atoms with Gasteiger partial charge in [-0.3, -0.25) is 0 Å². The van der Waals surface area contributed by atoms with Gasteiger partial charge in [0.2, 0.25) is 0 Å². The molecule has 0 bridgehead atoms. The number of aromatic nitrogens is 1. The average molecular weight is 298 g/mol. The molecule has 0 aromatic carbocycles. The molecule has 1 unspecified atom stereocenters. The molecule has 0 N–H and O–H groups in total. The molecule has 0 spiro atoms. The number of nitrogens with zero attached hydrogens (tertiary/aromatic N) is 3. The Hall–Kier alpha value is -0.610. The van der Waals surface area contributed by atoms with Gasteiger partial charge >= 0.3 is 0 Å². The van der Waals surface area contributed by atoms with Crippen LogP contribution in [0.5, 0.6) is 0 Å². The summed E-state index contributed by atoms with van der Waals surface area (Å²) in [5.74, 6) is 1.11. The lowest BCUT2D eigenvalue weighted by atomic mass is 10.2. The Morgan fingerprint density at radius 3 is 2.88 bits per heavy atom. The number of halogens is 1. The highest BCUT2D eigenvalue weighted by atomic mass is 79.9. The summed E-state index contributed by atoms with van der Waals surface area (Å²) in [7, 11) is 2.21. The van der Waals surface area contributed by atoms with Crippen LogP contribution in [-0.2, 0) is 0 Å². The fourth-order valence-electron chi connectivity index (χ4n) is 2.43. The molecule has 1 aromatic rings. The molecule has 0 amide bonds. The van der Waals surface area contributed by atoms with Gasteiger partial charge in [0.25, 0.3) is 0 Å². The molecule has 1 aromatic heterocycles. The highest BCUT2D eigenvalue weighted by molar-refractivity contribution is 9.10. The van der Waals surface area contributed by atoms with E-state index in [0.717, 1.165) is 23.4 Å². The molecule has 94 valence electrons. The number of rotatable bonds is 2. The van der Waals surface area contributed by atoms with Crippen LogP contribution in [0.25, 0.3) is 0 Å². The van der Waals surface area contributed by atoms with Crippen molar-refractivity contribution in [3.05, 3.63) is 22.8 Å². The third kappa shape index (κ3) is 3.19. The first-order valence-corrected chi connectivity index (χ1v) is 7.06. The van der Waals surface area contributed by atoms with Crippen LogP contribution in [0.3, 0.4) is 0 Å². The molecule has 0 radical (unpaired) electrons. The van der Waals surface area contributed by atoms with Crippen LogP contribution in [0.4, 0.5) is 5.82 Å². The molecule has 3 nitrogen and oxygen atoms in total. The van der Waals surface area contributed by atoms with E-state index < -0.39 is 0 Å². The number of pyridine rings is 1. The van der Waals surface area contributed by atoms with Gasteiger partial charge in [0, 0.05) is 29.8 Å². The largest absolute Gasteiger partial charge is 0.352 e. The quantitative estimate of drug-likeness (QED) is 0.837. The summed E-state index contributed by atoms with van der Waals surface area (Å²) in [5.41, 5.74) is 0. The minimum absolute atomic E-state index is 0.580. The third-order valence-electron chi connectivity index (χ3n) is 3.38. The Morgan fingerprint density at radius 2 is 2.24 bits per heavy atom. The molecule has 1 fully saturated rings. The van der Waals surface area contributed by atoms with E-state index >= 15 is 0 Å². The molecule has 17 heavy (non-hydrogen) atoms. The van der Waals surface area contributed by atoms with Crippen molar-refractivity contribution in [3.8, 4) is 0 Å². The average Bonchev–Trinajstić information content (AvgIpc) is 2.52. The standard InChI is InChI=1S/C13H20BrN3/c1-3-12-10-16(2)7-4-8-17(12)13-6-5-11(14)9-15-13/h5-6,9,12H,3-4,7-8,10H2,1-2H3. The van der Waals surface area contributed by atoms with Gasteiger partial charge in [-0.05, 0) is 54.5 Å². The van der Waals surface area contributed by atoms with Gasteiger partial charge in [-0.15, -0.1) is 0 Å². The van der Waals surface area contributed by atoms with Crippen LogP contribution >= 0.6 is 15.9 Å². The monoisotopic (exact) mass is 297 g/mol. The number of hydrogen-bond acceptors (Lipinski definition) is 3. The minimum atomic E-state index is 0.580. The van der Waals surface area contributed by atoms with E-state index in [1.807, 2.05) is 6.20 Å². The molecular formula is C13H20BrN3. The molecule has 1 aliphatic heterocycles.